The van der Waals surface area contributed by atoms with Gasteiger partial charge in [0.25, 0.3) is 0 Å². The lowest BCUT2D eigenvalue weighted by atomic mass is 10.1. The number of rotatable bonds is 0. The number of para-hydroxylation sites is 2. The fourth-order valence-electron chi connectivity index (χ4n) is 6.13. The van der Waals surface area contributed by atoms with E-state index in [9.17, 15) is 4.57 Å². The van der Waals surface area contributed by atoms with Crippen LogP contribution < -0.4 is 31.0 Å². The standard InChI is InChI=1S/C35H29N2O2P2/c1-36-29-17-9-11-19-33(29)41(3,39)34-21-20-24-12-6-7-15-27(24)35(34)37(2)28-16-8-10-18-31(28)40(38)32-23-26-14-5-4-13-25(26)22-30(32)36/h4-23H,1-3H3/q+1. The minimum Gasteiger partial charge on any atom is -0.340 e. The van der Waals surface area contributed by atoms with E-state index in [1.165, 1.54) is 0 Å². The first kappa shape index (κ1) is 25.7. The third-order valence-corrected chi connectivity index (χ3v) is 12.5. The van der Waals surface area contributed by atoms with Gasteiger partial charge in [0, 0.05) is 36.2 Å². The molecule has 1 heterocycles. The highest BCUT2D eigenvalue weighted by molar-refractivity contribution is 7.78. The quantitative estimate of drug-likeness (QED) is 0.177. The molecule has 0 amide bonds. The van der Waals surface area contributed by atoms with Gasteiger partial charge < -0.3 is 14.4 Å². The molecule has 6 aromatic rings. The first-order chi connectivity index (χ1) is 19.9. The van der Waals surface area contributed by atoms with Crippen molar-refractivity contribution in [3.05, 3.63) is 121 Å². The van der Waals surface area contributed by atoms with E-state index < -0.39 is 14.9 Å². The van der Waals surface area contributed by atoms with Gasteiger partial charge in [-0.05, 0) is 59.2 Å². The fraction of sp³-hybridized carbons (Fsp3) is 0.0857. The molecule has 2 atom stereocenters. The second kappa shape index (κ2) is 9.70. The molecular weight excluding hydrogens is 542 g/mol. The summed E-state index contributed by atoms with van der Waals surface area (Å²) in [7, 11) is -1.15. The van der Waals surface area contributed by atoms with Crippen molar-refractivity contribution in [2.24, 2.45) is 0 Å². The predicted octanol–water partition coefficient (Wildman–Crippen LogP) is 7.56. The Morgan fingerprint density at radius 1 is 0.561 bits per heavy atom. The van der Waals surface area contributed by atoms with Gasteiger partial charge in [-0.1, -0.05) is 83.4 Å². The second-order valence-corrected chi connectivity index (χ2v) is 15.0. The van der Waals surface area contributed by atoms with E-state index in [4.69, 9.17) is 0 Å². The van der Waals surface area contributed by atoms with Gasteiger partial charge in [0.1, 0.15) is 7.14 Å². The maximum Gasteiger partial charge on any atom is 0.419 e. The van der Waals surface area contributed by atoms with Crippen LogP contribution in [0.3, 0.4) is 0 Å². The van der Waals surface area contributed by atoms with Crippen LogP contribution in [-0.4, -0.2) is 20.8 Å². The molecule has 4 nitrogen and oxygen atoms in total. The van der Waals surface area contributed by atoms with Crippen molar-refractivity contribution in [3.63, 3.8) is 0 Å². The molecule has 0 radical (unpaired) electrons. The molecule has 0 N–H and O–H groups in total. The van der Waals surface area contributed by atoms with Crippen LogP contribution in [-0.2, 0) is 9.13 Å². The Kier molecular flexibility index (Phi) is 6.08. The van der Waals surface area contributed by atoms with E-state index in [1.54, 1.807) is 0 Å². The zero-order chi connectivity index (χ0) is 28.3. The average Bonchev–Trinajstić information content (AvgIpc) is 3.02. The van der Waals surface area contributed by atoms with Crippen LogP contribution in [0, 0.1) is 0 Å². The van der Waals surface area contributed by atoms with Crippen LogP contribution in [0.4, 0.5) is 22.7 Å². The van der Waals surface area contributed by atoms with Gasteiger partial charge in [0.05, 0.1) is 22.7 Å². The molecule has 2 unspecified atom stereocenters. The Balaban J connectivity index is 1.64. The van der Waals surface area contributed by atoms with E-state index in [0.29, 0.717) is 0 Å². The van der Waals surface area contributed by atoms with E-state index in [0.717, 1.165) is 65.5 Å². The third-order valence-electron chi connectivity index (χ3n) is 8.26. The Morgan fingerprint density at radius 2 is 1.17 bits per heavy atom. The number of nitrogens with zero attached hydrogens (tertiary/aromatic N) is 2. The lowest BCUT2D eigenvalue weighted by Gasteiger charge is -2.30. The summed E-state index contributed by atoms with van der Waals surface area (Å²) >= 11 is 0. The first-order valence-electron chi connectivity index (χ1n) is 13.6. The molecule has 0 saturated carbocycles. The van der Waals surface area contributed by atoms with E-state index >= 15 is 4.57 Å². The average molecular weight is 572 g/mol. The summed E-state index contributed by atoms with van der Waals surface area (Å²) in [6.07, 6.45) is 0. The van der Waals surface area contributed by atoms with Crippen molar-refractivity contribution >= 4 is 80.5 Å². The molecule has 0 bridgehead atoms. The molecule has 1 aliphatic heterocycles. The van der Waals surface area contributed by atoms with Gasteiger partial charge in [-0.25, -0.2) is 0 Å². The van der Waals surface area contributed by atoms with E-state index in [-0.39, 0.29) is 0 Å². The molecule has 0 aromatic heterocycles. The normalized spacial score (nSPS) is 17.7. The zero-order valence-electron chi connectivity index (χ0n) is 23.2. The maximum absolute atomic E-state index is 15.2. The number of fused-ring (bicyclic) bond motifs is 7. The molecule has 200 valence electrons. The van der Waals surface area contributed by atoms with Crippen molar-refractivity contribution in [1.29, 1.82) is 0 Å². The van der Waals surface area contributed by atoms with Crippen LogP contribution in [0.5, 0.6) is 0 Å². The van der Waals surface area contributed by atoms with Crippen LogP contribution in [0.2, 0.25) is 0 Å². The largest absolute Gasteiger partial charge is 0.419 e. The molecule has 0 saturated heterocycles. The smallest absolute Gasteiger partial charge is 0.340 e. The summed E-state index contributed by atoms with van der Waals surface area (Å²) in [5.74, 6) is 0. The lowest BCUT2D eigenvalue weighted by Crippen LogP contribution is -2.30. The summed E-state index contributed by atoms with van der Waals surface area (Å²) in [5, 5.41) is 7.22. The predicted molar refractivity (Wildman–Crippen MR) is 177 cm³/mol. The second-order valence-electron chi connectivity index (χ2n) is 10.7. The lowest BCUT2D eigenvalue weighted by molar-refractivity contribution is 0.590. The van der Waals surface area contributed by atoms with Gasteiger partial charge in [-0.15, -0.1) is 0 Å². The number of benzene rings is 6. The van der Waals surface area contributed by atoms with Crippen molar-refractivity contribution in [1.82, 2.24) is 0 Å². The molecule has 0 spiro atoms. The summed E-state index contributed by atoms with van der Waals surface area (Å²) in [6.45, 7) is 1.88. The minimum absolute atomic E-state index is 0.744. The molecule has 7 rings (SSSR count). The molecule has 0 aliphatic carbocycles. The Labute approximate surface area is 241 Å². The fourth-order valence-corrected chi connectivity index (χ4v) is 10.0. The highest BCUT2D eigenvalue weighted by Gasteiger charge is 2.37. The highest BCUT2D eigenvalue weighted by Crippen LogP contribution is 2.49. The highest BCUT2D eigenvalue weighted by atomic mass is 31.2. The first-order valence-corrected chi connectivity index (χ1v) is 17.0. The maximum atomic E-state index is 15.2. The van der Waals surface area contributed by atoms with Gasteiger partial charge in [0.2, 0.25) is 10.6 Å². The van der Waals surface area contributed by atoms with Gasteiger partial charge in [0.15, 0.2) is 0 Å². The van der Waals surface area contributed by atoms with Gasteiger partial charge in [-0.3, -0.25) is 0 Å². The van der Waals surface area contributed by atoms with Crippen LogP contribution in [0.1, 0.15) is 0 Å². The summed E-state index contributed by atoms with van der Waals surface area (Å²) in [4.78, 5) is 4.15. The zero-order valence-corrected chi connectivity index (χ0v) is 24.9. The van der Waals surface area contributed by atoms with Gasteiger partial charge in [-0.2, -0.15) is 0 Å². The molecule has 0 fully saturated rings. The summed E-state index contributed by atoms with van der Waals surface area (Å²) in [6, 6.07) is 40.4. The van der Waals surface area contributed by atoms with Crippen molar-refractivity contribution in [3.8, 4) is 0 Å². The third kappa shape index (κ3) is 4.02. The molecule has 1 aliphatic rings. The van der Waals surface area contributed by atoms with Gasteiger partial charge >= 0.3 is 7.80 Å². The topological polar surface area (TPSA) is 40.6 Å². The molecule has 6 aromatic carbocycles. The number of hydrogen-bond acceptors (Lipinski definition) is 4. The Morgan fingerprint density at radius 3 is 1.95 bits per heavy atom. The van der Waals surface area contributed by atoms with Crippen molar-refractivity contribution in [2.45, 2.75) is 0 Å². The Hall–Kier alpha value is -4.23. The minimum atomic E-state index is -3.14. The van der Waals surface area contributed by atoms with Crippen molar-refractivity contribution in [2.75, 3.05) is 30.6 Å². The molecular formula is C35H29N2O2P2+. The van der Waals surface area contributed by atoms with Crippen LogP contribution >= 0.6 is 14.9 Å². The summed E-state index contributed by atoms with van der Waals surface area (Å²) in [5.41, 5.74) is 3.39. The van der Waals surface area contributed by atoms with Crippen LogP contribution in [0.15, 0.2) is 121 Å². The Bertz CT molecular complexity index is 2070. The molecule has 41 heavy (non-hydrogen) atoms. The van der Waals surface area contributed by atoms with E-state index in [2.05, 4.69) is 52.3 Å². The molecule has 6 heteroatoms. The van der Waals surface area contributed by atoms with E-state index in [1.807, 2.05) is 99.6 Å². The van der Waals surface area contributed by atoms with Crippen molar-refractivity contribution < 1.29 is 9.13 Å². The number of hydrogen-bond donors (Lipinski definition) is 0. The number of anilines is 4. The summed E-state index contributed by atoms with van der Waals surface area (Å²) < 4.78 is 30.0. The monoisotopic (exact) mass is 571 g/mol. The SMILES string of the molecule is CN1c2cc3ccccc3cc2[P+](=O)c2ccccc2N(C)c2c(ccc3ccccc23)P(C)(=O)c2ccccc21. The van der Waals surface area contributed by atoms with Crippen LogP contribution in [0.25, 0.3) is 21.5 Å².